The van der Waals surface area contributed by atoms with Crippen molar-refractivity contribution in [2.24, 2.45) is 0 Å². The van der Waals surface area contributed by atoms with E-state index in [1.165, 1.54) is 9.80 Å². The van der Waals surface area contributed by atoms with E-state index in [-0.39, 0.29) is 24.4 Å². The Bertz CT molecular complexity index is 421. The molecule has 0 aromatic rings. The highest BCUT2D eigenvalue weighted by molar-refractivity contribution is 6.05. The Morgan fingerprint density at radius 1 is 1.44 bits per heavy atom. The molecule has 1 N–H and O–H groups in total. The minimum atomic E-state index is -0.552. The molecule has 6 nitrogen and oxygen atoms in total. The fourth-order valence-electron chi connectivity index (χ4n) is 1.88. The van der Waals surface area contributed by atoms with Crippen molar-refractivity contribution in [3.63, 3.8) is 0 Å². The second-order valence-electron chi connectivity index (χ2n) is 3.63. The van der Waals surface area contributed by atoms with Gasteiger partial charge in [0.05, 0.1) is 6.54 Å². The third-order valence-corrected chi connectivity index (χ3v) is 2.69. The van der Waals surface area contributed by atoms with Gasteiger partial charge in [-0.3, -0.25) is 14.9 Å². The number of carbonyl (C=O) groups excluding carboxylic acids is 3. The number of amides is 4. The van der Waals surface area contributed by atoms with Crippen molar-refractivity contribution in [2.75, 3.05) is 19.6 Å². The Kier molecular flexibility index (Phi) is 2.52. The second kappa shape index (κ2) is 3.85. The van der Waals surface area contributed by atoms with E-state index in [1.807, 2.05) is 0 Å². The Hall–Kier alpha value is -2.03. The van der Waals surface area contributed by atoms with Gasteiger partial charge in [0.15, 0.2) is 0 Å². The summed E-state index contributed by atoms with van der Waals surface area (Å²) >= 11 is 0. The summed E-state index contributed by atoms with van der Waals surface area (Å²) in [6.45, 7) is 2.61. The molecule has 84 valence electrons. The third-order valence-electron chi connectivity index (χ3n) is 2.69. The first-order valence-electron chi connectivity index (χ1n) is 4.96. The zero-order valence-corrected chi connectivity index (χ0v) is 8.82. The maximum absolute atomic E-state index is 11.5. The van der Waals surface area contributed by atoms with Crippen LogP contribution in [-0.2, 0) is 9.59 Å². The molecule has 1 unspecified atom stereocenters. The maximum Gasteiger partial charge on any atom is 0.324 e. The monoisotopic (exact) mass is 221 g/mol. The molecular weight excluding hydrogens is 210 g/mol. The predicted octanol–water partition coefficient (Wildman–Crippen LogP) is -1.23. The first kappa shape index (κ1) is 10.5. The molecule has 4 amide bonds. The van der Waals surface area contributed by atoms with Gasteiger partial charge in [0, 0.05) is 13.1 Å². The van der Waals surface area contributed by atoms with Crippen LogP contribution in [0.2, 0.25) is 0 Å². The number of nitrogens with zero attached hydrogens (tertiary/aromatic N) is 2. The van der Waals surface area contributed by atoms with Crippen LogP contribution in [0.3, 0.4) is 0 Å². The first-order chi connectivity index (χ1) is 7.63. The highest BCUT2D eigenvalue weighted by atomic mass is 16.2. The van der Waals surface area contributed by atoms with E-state index < -0.39 is 6.04 Å². The molecular formula is C10H11N3O3. The van der Waals surface area contributed by atoms with Gasteiger partial charge in [0.2, 0.25) is 0 Å². The van der Waals surface area contributed by atoms with Gasteiger partial charge >= 0.3 is 6.03 Å². The van der Waals surface area contributed by atoms with Crippen LogP contribution in [0.5, 0.6) is 0 Å². The highest BCUT2D eigenvalue weighted by Crippen LogP contribution is 2.15. The minimum Gasteiger partial charge on any atom is -0.328 e. The molecule has 16 heavy (non-hydrogen) atoms. The molecule has 2 heterocycles. The summed E-state index contributed by atoms with van der Waals surface area (Å²) in [5.74, 6) is 4.31. The molecule has 2 rings (SSSR count). The number of rotatable bonds is 0. The number of hydrogen-bond acceptors (Lipinski definition) is 3. The molecule has 0 spiro atoms. The van der Waals surface area contributed by atoms with Crippen LogP contribution in [-0.4, -0.2) is 53.3 Å². The average molecular weight is 221 g/mol. The molecule has 0 aliphatic carbocycles. The predicted molar refractivity (Wildman–Crippen MR) is 54.1 cm³/mol. The number of hydrogen-bond donors (Lipinski definition) is 1. The van der Waals surface area contributed by atoms with Crippen LogP contribution in [0.15, 0.2) is 0 Å². The van der Waals surface area contributed by atoms with Gasteiger partial charge in [0.25, 0.3) is 11.8 Å². The molecule has 0 bridgehead atoms. The van der Waals surface area contributed by atoms with Crippen LogP contribution in [0.25, 0.3) is 0 Å². The molecule has 0 saturated carbocycles. The number of urea groups is 1. The van der Waals surface area contributed by atoms with E-state index in [2.05, 4.69) is 17.2 Å². The summed E-state index contributed by atoms with van der Waals surface area (Å²) < 4.78 is 0. The SMILES string of the molecule is CC#CC(=O)N1CCN2C(=O)NC(=O)C2C1. The fourth-order valence-corrected chi connectivity index (χ4v) is 1.88. The number of nitrogens with one attached hydrogen (secondary N) is 1. The summed E-state index contributed by atoms with van der Waals surface area (Å²) in [7, 11) is 0. The van der Waals surface area contributed by atoms with Gasteiger partial charge in [-0.15, -0.1) is 0 Å². The van der Waals surface area contributed by atoms with Crippen molar-refractivity contribution in [1.82, 2.24) is 15.1 Å². The number of fused-ring (bicyclic) bond motifs is 1. The summed E-state index contributed by atoms with van der Waals surface area (Å²) in [4.78, 5) is 37.1. The quantitative estimate of drug-likeness (QED) is 0.411. The maximum atomic E-state index is 11.5. The van der Waals surface area contributed by atoms with Gasteiger partial charge < -0.3 is 9.80 Å². The van der Waals surface area contributed by atoms with Gasteiger partial charge in [-0.05, 0) is 12.8 Å². The molecule has 1 atom stereocenters. The lowest BCUT2D eigenvalue weighted by atomic mass is 10.2. The number of imide groups is 1. The zero-order chi connectivity index (χ0) is 11.7. The van der Waals surface area contributed by atoms with Gasteiger partial charge in [-0.2, -0.15) is 0 Å². The van der Waals surface area contributed by atoms with Crippen molar-refractivity contribution in [2.45, 2.75) is 13.0 Å². The lowest BCUT2D eigenvalue weighted by Gasteiger charge is -2.34. The molecule has 2 saturated heterocycles. The van der Waals surface area contributed by atoms with Gasteiger partial charge in [0.1, 0.15) is 6.04 Å². The lowest BCUT2D eigenvalue weighted by molar-refractivity contribution is -0.130. The molecule has 0 aromatic heterocycles. The van der Waals surface area contributed by atoms with E-state index in [0.717, 1.165) is 0 Å². The van der Waals surface area contributed by atoms with E-state index in [9.17, 15) is 14.4 Å². The second-order valence-corrected chi connectivity index (χ2v) is 3.63. The van der Waals surface area contributed by atoms with Crippen LogP contribution < -0.4 is 5.32 Å². The Morgan fingerprint density at radius 3 is 2.88 bits per heavy atom. The van der Waals surface area contributed by atoms with Crippen molar-refractivity contribution in [3.8, 4) is 11.8 Å². The lowest BCUT2D eigenvalue weighted by Crippen LogP contribution is -2.54. The minimum absolute atomic E-state index is 0.227. The van der Waals surface area contributed by atoms with Crippen molar-refractivity contribution in [1.29, 1.82) is 0 Å². The Balaban J connectivity index is 2.10. The summed E-state index contributed by atoms with van der Waals surface area (Å²) in [5, 5.41) is 2.22. The first-order valence-corrected chi connectivity index (χ1v) is 4.96. The van der Waals surface area contributed by atoms with Crippen LogP contribution in [0.4, 0.5) is 4.79 Å². The molecule has 0 aromatic carbocycles. The molecule has 2 fully saturated rings. The highest BCUT2D eigenvalue weighted by Gasteiger charge is 2.42. The topological polar surface area (TPSA) is 69.7 Å². The van der Waals surface area contributed by atoms with Crippen LogP contribution in [0.1, 0.15) is 6.92 Å². The molecule has 2 aliphatic heterocycles. The van der Waals surface area contributed by atoms with E-state index in [0.29, 0.717) is 13.1 Å². The summed E-state index contributed by atoms with van der Waals surface area (Å²) in [5.41, 5.74) is 0. The van der Waals surface area contributed by atoms with Crippen molar-refractivity contribution >= 4 is 17.8 Å². The van der Waals surface area contributed by atoms with E-state index >= 15 is 0 Å². The average Bonchev–Trinajstić information content (AvgIpc) is 2.55. The van der Waals surface area contributed by atoms with Crippen molar-refractivity contribution < 1.29 is 14.4 Å². The largest absolute Gasteiger partial charge is 0.328 e. The van der Waals surface area contributed by atoms with E-state index in [4.69, 9.17) is 0 Å². The van der Waals surface area contributed by atoms with Crippen molar-refractivity contribution in [3.05, 3.63) is 0 Å². The Morgan fingerprint density at radius 2 is 2.19 bits per heavy atom. The third kappa shape index (κ3) is 1.60. The van der Waals surface area contributed by atoms with Gasteiger partial charge in [-0.25, -0.2) is 4.79 Å². The fraction of sp³-hybridized carbons (Fsp3) is 0.500. The van der Waals surface area contributed by atoms with Crippen LogP contribution in [0, 0.1) is 11.8 Å². The smallest absolute Gasteiger partial charge is 0.324 e. The summed E-state index contributed by atoms with van der Waals surface area (Å²) in [6.07, 6.45) is 0. The standard InChI is InChI=1S/C10H11N3O3/c1-2-3-8(14)12-4-5-13-7(6-12)9(15)11-10(13)16/h7H,4-6H2,1H3,(H,11,15,16). The molecule has 6 heteroatoms. The summed E-state index contributed by atoms with van der Waals surface area (Å²) in [6, 6.07) is -0.924. The van der Waals surface area contributed by atoms with E-state index in [1.54, 1.807) is 6.92 Å². The molecule has 2 aliphatic rings. The van der Waals surface area contributed by atoms with Crippen LogP contribution >= 0.6 is 0 Å². The molecule has 0 radical (unpaired) electrons. The normalized spacial score (nSPS) is 23.4. The number of carbonyl (C=O) groups is 3. The zero-order valence-electron chi connectivity index (χ0n) is 8.82. The Labute approximate surface area is 92.6 Å². The number of piperazine rings is 1. The van der Waals surface area contributed by atoms with Gasteiger partial charge in [-0.1, -0.05) is 5.92 Å².